The van der Waals surface area contributed by atoms with Gasteiger partial charge in [0.1, 0.15) is 11.5 Å². The van der Waals surface area contributed by atoms with Gasteiger partial charge in [-0.15, -0.1) is 0 Å². The lowest BCUT2D eigenvalue weighted by Crippen LogP contribution is -2.02. The van der Waals surface area contributed by atoms with Gasteiger partial charge in [0.05, 0.1) is 18.4 Å². The number of carbonyl (C=O) groups excluding carboxylic acids is 1. The Labute approximate surface area is 106 Å². The number of carbonyl (C=O) groups is 1. The van der Waals surface area contributed by atoms with Crippen LogP contribution in [-0.2, 0) is 0 Å². The van der Waals surface area contributed by atoms with Gasteiger partial charge in [0, 0.05) is 5.56 Å². The Morgan fingerprint density at radius 2 is 1.94 bits per heavy atom. The van der Waals surface area contributed by atoms with Crippen molar-refractivity contribution in [1.29, 1.82) is 0 Å². The van der Waals surface area contributed by atoms with Crippen molar-refractivity contribution in [3.63, 3.8) is 0 Å². The predicted octanol–water partition coefficient (Wildman–Crippen LogP) is 3.61. The van der Waals surface area contributed by atoms with E-state index in [1.807, 2.05) is 12.1 Å². The van der Waals surface area contributed by atoms with E-state index in [-0.39, 0.29) is 5.78 Å². The molecule has 0 atom stereocenters. The van der Waals surface area contributed by atoms with Crippen LogP contribution < -0.4 is 4.74 Å². The molecule has 3 heteroatoms. The summed E-state index contributed by atoms with van der Waals surface area (Å²) in [7, 11) is 0. The first-order valence-corrected chi connectivity index (χ1v) is 6.04. The summed E-state index contributed by atoms with van der Waals surface area (Å²) in [6.07, 6.45) is 2.50. The molecule has 1 aromatic heterocycles. The van der Waals surface area contributed by atoms with E-state index >= 15 is 0 Å². The summed E-state index contributed by atoms with van der Waals surface area (Å²) in [5, 5.41) is 0. The van der Waals surface area contributed by atoms with Crippen LogP contribution >= 0.6 is 0 Å². The molecule has 0 aliphatic rings. The Hall–Kier alpha value is -2.03. The lowest BCUT2D eigenvalue weighted by Gasteiger charge is -2.05. The Balaban J connectivity index is 2.15. The van der Waals surface area contributed by atoms with Crippen LogP contribution in [0, 0.1) is 6.92 Å². The molecule has 2 rings (SSSR count). The van der Waals surface area contributed by atoms with Gasteiger partial charge < -0.3 is 9.15 Å². The zero-order chi connectivity index (χ0) is 13.0. The molecule has 0 radical (unpaired) electrons. The second-order valence-electron chi connectivity index (χ2n) is 4.09. The monoisotopic (exact) mass is 244 g/mol. The summed E-state index contributed by atoms with van der Waals surface area (Å²) in [5.74, 6) is 1.41. The summed E-state index contributed by atoms with van der Waals surface area (Å²) >= 11 is 0. The van der Waals surface area contributed by atoms with Crippen LogP contribution in [0.25, 0.3) is 0 Å². The van der Waals surface area contributed by atoms with E-state index in [0.29, 0.717) is 23.5 Å². The fraction of sp³-hybridized carbons (Fsp3) is 0.267. The number of aryl methyl sites for hydroxylation is 1. The molecule has 0 aliphatic carbocycles. The summed E-state index contributed by atoms with van der Waals surface area (Å²) in [4.78, 5) is 12.2. The van der Waals surface area contributed by atoms with Gasteiger partial charge in [-0.2, -0.15) is 0 Å². The number of ether oxygens (including phenoxy) is 1. The molecule has 2 aromatic rings. The number of hydrogen-bond donors (Lipinski definition) is 0. The van der Waals surface area contributed by atoms with Crippen molar-refractivity contribution >= 4 is 5.78 Å². The molecule has 0 saturated heterocycles. The smallest absolute Gasteiger partial charge is 0.196 e. The first-order chi connectivity index (χ1) is 8.72. The van der Waals surface area contributed by atoms with Crippen LogP contribution in [0.2, 0.25) is 0 Å². The number of hydrogen-bond acceptors (Lipinski definition) is 3. The van der Waals surface area contributed by atoms with E-state index in [4.69, 9.17) is 9.15 Å². The Morgan fingerprint density at radius 3 is 2.50 bits per heavy atom. The highest BCUT2D eigenvalue weighted by molar-refractivity contribution is 6.09. The molecule has 3 nitrogen and oxygen atoms in total. The fourth-order valence-corrected chi connectivity index (χ4v) is 1.70. The second-order valence-corrected chi connectivity index (χ2v) is 4.09. The van der Waals surface area contributed by atoms with Crippen molar-refractivity contribution < 1.29 is 13.9 Å². The molecule has 0 saturated carbocycles. The predicted molar refractivity (Wildman–Crippen MR) is 69.1 cm³/mol. The Kier molecular flexibility index (Phi) is 3.82. The van der Waals surface area contributed by atoms with Crippen LogP contribution in [0.15, 0.2) is 41.0 Å². The summed E-state index contributed by atoms with van der Waals surface area (Å²) in [6, 6.07) is 8.88. The molecule has 1 aromatic carbocycles. The third kappa shape index (κ3) is 2.62. The number of rotatable bonds is 5. The normalized spacial score (nSPS) is 10.3. The van der Waals surface area contributed by atoms with E-state index in [9.17, 15) is 4.79 Å². The second kappa shape index (κ2) is 5.54. The van der Waals surface area contributed by atoms with E-state index in [0.717, 1.165) is 12.2 Å². The lowest BCUT2D eigenvalue weighted by molar-refractivity contribution is 0.103. The van der Waals surface area contributed by atoms with Gasteiger partial charge >= 0.3 is 0 Å². The van der Waals surface area contributed by atoms with Gasteiger partial charge in [-0.1, -0.05) is 6.92 Å². The minimum atomic E-state index is -0.0247. The van der Waals surface area contributed by atoms with Gasteiger partial charge in [0.25, 0.3) is 0 Å². The van der Waals surface area contributed by atoms with Gasteiger partial charge in [0.2, 0.25) is 0 Å². The minimum absolute atomic E-state index is 0.0247. The van der Waals surface area contributed by atoms with E-state index in [1.165, 1.54) is 6.26 Å². The highest BCUT2D eigenvalue weighted by Crippen LogP contribution is 2.18. The molecular formula is C15H16O3. The van der Waals surface area contributed by atoms with Crippen LogP contribution in [-0.4, -0.2) is 12.4 Å². The van der Waals surface area contributed by atoms with Crippen molar-refractivity contribution in [2.24, 2.45) is 0 Å². The molecule has 0 aliphatic heterocycles. The summed E-state index contributed by atoms with van der Waals surface area (Å²) in [6.45, 7) is 4.53. The van der Waals surface area contributed by atoms with Crippen molar-refractivity contribution in [3.8, 4) is 5.75 Å². The highest BCUT2D eigenvalue weighted by Gasteiger charge is 2.13. The third-order valence-corrected chi connectivity index (χ3v) is 2.69. The molecule has 0 N–H and O–H groups in total. The first kappa shape index (κ1) is 12.4. The SMILES string of the molecule is CCCOc1ccc(C(=O)c2ccoc2C)cc1. The van der Waals surface area contributed by atoms with Crippen molar-refractivity contribution in [3.05, 3.63) is 53.5 Å². The minimum Gasteiger partial charge on any atom is -0.494 e. The van der Waals surface area contributed by atoms with Crippen LogP contribution in [0.4, 0.5) is 0 Å². The molecule has 94 valence electrons. The molecular weight excluding hydrogens is 228 g/mol. The number of ketones is 1. The van der Waals surface area contributed by atoms with Gasteiger partial charge in [-0.25, -0.2) is 0 Å². The lowest BCUT2D eigenvalue weighted by atomic mass is 10.0. The number of furan rings is 1. The Bertz CT molecular complexity index is 523. The maximum atomic E-state index is 12.2. The third-order valence-electron chi connectivity index (χ3n) is 2.69. The molecule has 18 heavy (non-hydrogen) atoms. The van der Waals surface area contributed by atoms with Crippen molar-refractivity contribution in [2.45, 2.75) is 20.3 Å². The van der Waals surface area contributed by atoms with Gasteiger partial charge in [0.15, 0.2) is 5.78 Å². The van der Waals surface area contributed by atoms with E-state index in [1.54, 1.807) is 25.1 Å². The molecule has 0 fully saturated rings. The quantitative estimate of drug-likeness (QED) is 0.754. The zero-order valence-corrected chi connectivity index (χ0v) is 10.6. The maximum Gasteiger partial charge on any atom is 0.196 e. The van der Waals surface area contributed by atoms with Crippen molar-refractivity contribution in [1.82, 2.24) is 0 Å². The summed E-state index contributed by atoms with van der Waals surface area (Å²) < 4.78 is 10.6. The zero-order valence-electron chi connectivity index (χ0n) is 10.6. The molecule has 0 spiro atoms. The summed E-state index contributed by atoms with van der Waals surface area (Å²) in [5.41, 5.74) is 1.25. The molecule has 0 unspecified atom stereocenters. The van der Waals surface area contributed by atoms with E-state index in [2.05, 4.69) is 6.92 Å². The maximum absolute atomic E-state index is 12.2. The van der Waals surface area contributed by atoms with Gasteiger partial charge in [-0.3, -0.25) is 4.79 Å². The molecule has 0 bridgehead atoms. The highest BCUT2D eigenvalue weighted by atomic mass is 16.5. The topological polar surface area (TPSA) is 39.4 Å². The van der Waals surface area contributed by atoms with E-state index < -0.39 is 0 Å². The van der Waals surface area contributed by atoms with Crippen molar-refractivity contribution in [2.75, 3.05) is 6.61 Å². The van der Waals surface area contributed by atoms with Crippen LogP contribution in [0.5, 0.6) is 5.75 Å². The first-order valence-electron chi connectivity index (χ1n) is 6.04. The number of benzene rings is 1. The van der Waals surface area contributed by atoms with Crippen LogP contribution in [0.3, 0.4) is 0 Å². The largest absolute Gasteiger partial charge is 0.494 e. The average Bonchev–Trinajstić information content (AvgIpc) is 2.82. The molecule has 1 heterocycles. The van der Waals surface area contributed by atoms with Crippen LogP contribution in [0.1, 0.15) is 35.0 Å². The average molecular weight is 244 g/mol. The molecule has 0 amide bonds. The standard InChI is InChI=1S/C15H16O3/c1-3-9-18-13-6-4-12(5-7-13)15(16)14-8-10-17-11(14)2/h4-8,10H,3,9H2,1-2H3. The fourth-order valence-electron chi connectivity index (χ4n) is 1.70. The van der Waals surface area contributed by atoms with Gasteiger partial charge in [-0.05, 0) is 43.7 Å². The Morgan fingerprint density at radius 1 is 1.22 bits per heavy atom.